The fourth-order valence-electron chi connectivity index (χ4n) is 3.67. The van der Waals surface area contributed by atoms with E-state index in [1.165, 1.54) is 18.2 Å². The standard InChI is InChI=1S/C23H26N4O6/c1-4-32-22(28)19-15(3)25-18(9-11-26-12-10-24-14-26)21(23(29)33-5-2)20(19)16-7-6-8-17(13-16)27(30)31/h6-8,10,12-13,24H,4-5,9,11,14H2,1-3H3. The van der Waals surface area contributed by atoms with Crippen molar-refractivity contribution < 1.29 is 24.0 Å². The molecule has 0 unspecified atom stereocenters. The van der Waals surface area contributed by atoms with Gasteiger partial charge in [0.05, 0.1) is 47.3 Å². The molecule has 0 spiro atoms. The number of nitrogens with zero attached hydrogens (tertiary/aromatic N) is 3. The second-order valence-electron chi connectivity index (χ2n) is 7.26. The van der Waals surface area contributed by atoms with Crippen LogP contribution in [0.15, 0.2) is 36.7 Å². The maximum absolute atomic E-state index is 13.1. The van der Waals surface area contributed by atoms with Gasteiger partial charge in [-0.3, -0.25) is 15.1 Å². The third-order valence-corrected chi connectivity index (χ3v) is 5.09. The van der Waals surface area contributed by atoms with Gasteiger partial charge in [-0.1, -0.05) is 12.1 Å². The van der Waals surface area contributed by atoms with Gasteiger partial charge in [0.15, 0.2) is 0 Å². The minimum atomic E-state index is -0.659. The highest BCUT2D eigenvalue weighted by atomic mass is 16.6. The van der Waals surface area contributed by atoms with Gasteiger partial charge in [-0.05, 0) is 26.3 Å². The Kier molecular flexibility index (Phi) is 7.60. The minimum absolute atomic E-state index is 0.0897. The lowest BCUT2D eigenvalue weighted by Gasteiger charge is -2.20. The Balaban J connectivity index is 2.26. The molecule has 0 amide bonds. The number of nitro benzene ring substituents is 1. The van der Waals surface area contributed by atoms with Crippen molar-refractivity contribution >= 4 is 17.6 Å². The van der Waals surface area contributed by atoms with Crippen LogP contribution in [0.1, 0.15) is 46.0 Å². The van der Waals surface area contributed by atoms with Crippen LogP contribution >= 0.6 is 0 Å². The average Bonchev–Trinajstić information content (AvgIpc) is 3.31. The van der Waals surface area contributed by atoms with E-state index in [-0.39, 0.29) is 35.6 Å². The SMILES string of the molecule is CCOC(=O)c1c(C)nc(CCN2C=CNC2)c(C(=O)OCC)c1-c1cccc([N+](=O)[O-])c1. The maximum atomic E-state index is 13.1. The van der Waals surface area contributed by atoms with Gasteiger partial charge in [-0.2, -0.15) is 0 Å². The molecule has 33 heavy (non-hydrogen) atoms. The topological polar surface area (TPSA) is 124 Å². The molecule has 0 saturated heterocycles. The third kappa shape index (κ3) is 5.28. The molecule has 0 aliphatic carbocycles. The number of esters is 2. The van der Waals surface area contributed by atoms with E-state index in [9.17, 15) is 19.7 Å². The van der Waals surface area contributed by atoms with E-state index in [0.29, 0.717) is 36.6 Å². The number of non-ortho nitro benzene ring substituents is 1. The molecule has 0 fully saturated rings. The fourth-order valence-corrected chi connectivity index (χ4v) is 3.67. The number of nitrogens with one attached hydrogen (secondary N) is 1. The van der Waals surface area contributed by atoms with Crippen LogP contribution in [0.3, 0.4) is 0 Å². The zero-order valence-electron chi connectivity index (χ0n) is 18.8. The molecule has 0 atom stereocenters. The molecule has 1 aliphatic heterocycles. The lowest BCUT2D eigenvalue weighted by atomic mass is 9.91. The summed E-state index contributed by atoms with van der Waals surface area (Å²) < 4.78 is 10.5. The third-order valence-electron chi connectivity index (χ3n) is 5.09. The predicted octanol–water partition coefficient (Wildman–Crippen LogP) is 3.20. The molecule has 1 N–H and O–H groups in total. The van der Waals surface area contributed by atoms with Crippen LogP contribution in [-0.4, -0.2) is 53.2 Å². The Morgan fingerprint density at radius 2 is 1.88 bits per heavy atom. The normalized spacial score (nSPS) is 12.4. The number of benzene rings is 1. The van der Waals surface area contributed by atoms with Crippen molar-refractivity contribution in [1.82, 2.24) is 15.2 Å². The van der Waals surface area contributed by atoms with Gasteiger partial charge < -0.3 is 19.7 Å². The molecular formula is C23H26N4O6. The van der Waals surface area contributed by atoms with Crippen molar-refractivity contribution in [2.24, 2.45) is 0 Å². The fraction of sp³-hybridized carbons (Fsp3) is 0.348. The number of carbonyl (C=O) groups excluding carboxylic acids is 2. The first kappa shape index (κ1) is 23.7. The molecule has 0 bridgehead atoms. The number of ether oxygens (including phenoxy) is 2. The lowest BCUT2D eigenvalue weighted by molar-refractivity contribution is -0.384. The highest BCUT2D eigenvalue weighted by Gasteiger charge is 2.29. The molecule has 1 aromatic carbocycles. The Bertz CT molecular complexity index is 1100. The monoisotopic (exact) mass is 454 g/mol. The van der Waals surface area contributed by atoms with Crippen LogP contribution in [0.4, 0.5) is 5.69 Å². The quantitative estimate of drug-likeness (QED) is 0.345. The number of hydrogen-bond donors (Lipinski definition) is 1. The Hall–Kier alpha value is -3.95. The van der Waals surface area contributed by atoms with E-state index < -0.39 is 16.9 Å². The molecule has 10 heteroatoms. The summed E-state index contributed by atoms with van der Waals surface area (Å²) in [5.41, 5.74) is 1.42. The van der Waals surface area contributed by atoms with Crippen LogP contribution in [0.25, 0.3) is 11.1 Å². The molecule has 3 rings (SSSR count). The van der Waals surface area contributed by atoms with Crippen molar-refractivity contribution in [1.29, 1.82) is 0 Å². The van der Waals surface area contributed by atoms with Gasteiger partial charge in [0.1, 0.15) is 0 Å². The number of carbonyl (C=O) groups is 2. The molecule has 0 saturated carbocycles. The highest BCUT2D eigenvalue weighted by Crippen LogP contribution is 2.34. The number of nitro groups is 1. The smallest absolute Gasteiger partial charge is 0.340 e. The van der Waals surface area contributed by atoms with Crippen LogP contribution in [0.2, 0.25) is 0 Å². The van der Waals surface area contributed by atoms with Gasteiger partial charge in [0, 0.05) is 43.1 Å². The van der Waals surface area contributed by atoms with Crippen molar-refractivity contribution in [3.05, 3.63) is 69.3 Å². The Morgan fingerprint density at radius 1 is 1.18 bits per heavy atom. The molecule has 1 aromatic heterocycles. The minimum Gasteiger partial charge on any atom is -0.462 e. The van der Waals surface area contributed by atoms with Crippen LogP contribution in [0, 0.1) is 17.0 Å². The van der Waals surface area contributed by atoms with E-state index in [1.54, 1.807) is 26.8 Å². The van der Waals surface area contributed by atoms with Crippen LogP contribution in [0.5, 0.6) is 0 Å². The molecule has 2 aromatic rings. The van der Waals surface area contributed by atoms with Crippen molar-refractivity contribution in [2.45, 2.75) is 27.2 Å². The van der Waals surface area contributed by atoms with Crippen molar-refractivity contribution in [3.63, 3.8) is 0 Å². The zero-order valence-corrected chi connectivity index (χ0v) is 18.8. The summed E-state index contributed by atoms with van der Waals surface area (Å²) >= 11 is 0. The average molecular weight is 454 g/mol. The van der Waals surface area contributed by atoms with Gasteiger partial charge >= 0.3 is 11.9 Å². The molecule has 1 aliphatic rings. The first-order valence-electron chi connectivity index (χ1n) is 10.6. The number of aryl methyl sites for hydroxylation is 1. The molecule has 174 valence electrons. The Labute approximate surface area is 191 Å². The summed E-state index contributed by atoms with van der Waals surface area (Å²) in [6.07, 6.45) is 4.11. The summed E-state index contributed by atoms with van der Waals surface area (Å²) in [7, 11) is 0. The predicted molar refractivity (Wildman–Crippen MR) is 121 cm³/mol. The van der Waals surface area contributed by atoms with Gasteiger partial charge in [-0.25, -0.2) is 9.59 Å². The van der Waals surface area contributed by atoms with E-state index in [0.717, 1.165) is 0 Å². The van der Waals surface area contributed by atoms with Crippen LogP contribution < -0.4 is 5.32 Å². The number of pyridine rings is 1. The van der Waals surface area contributed by atoms with Gasteiger partial charge in [0.2, 0.25) is 0 Å². The first-order chi connectivity index (χ1) is 15.9. The van der Waals surface area contributed by atoms with Gasteiger partial charge in [0.25, 0.3) is 5.69 Å². The largest absolute Gasteiger partial charge is 0.462 e. The zero-order chi connectivity index (χ0) is 24.0. The van der Waals surface area contributed by atoms with E-state index in [2.05, 4.69) is 10.3 Å². The van der Waals surface area contributed by atoms with Crippen LogP contribution in [-0.2, 0) is 15.9 Å². The number of aromatic nitrogens is 1. The second kappa shape index (κ2) is 10.6. The summed E-state index contributed by atoms with van der Waals surface area (Å²) in [4.78, 5) is 43.5. The lowest BCUT2D eigenvalue weighted by Crippen LogP contribution is -2.25. The molecule has 0 radical (unpaired) electrons. The summed E-state index contributed by atoms with van der Waals surface area (Å²) in [6.45, 7) is 6.45. The van der Waals surface area contributed by atoms with Crippen molar-refractivity contribution in [2.75, 3.05) is 26.4 Å². The van der Waals surface area contributed by atoms with E-state index in [1.807, 2.05) is 17.3 Å². The summed E-state index contributed by atoms with van der Waals surface area (Å²) in [5, 5.41) is 14.5. The summed E-state index contributed by atoms with van der Waals surface area (Å²) in [6, 6.07) is 5.80. The highest BCUT2D eigenvalue weighted by molar-refractivity contribution is 6.07. The van der Waals surface area contributed by atoms with Crippen molar-refractivity contribution in [3.8, 4) is 11.1 Å². The molecule has 2 heterocycles. The maximum Gasteiger partial charge on any atom is 0.340 e. The first-order valence-corrected chi connectivity index (χ1v) is 10.6. The van der Waals surface area contributed by atoms with E-state index in [4.69, 9.17) is 9.47 Å². The summed E-state index contributed by atoms with van der Waals surface area (Å²) in [5.74, 6) is -1.31. The molecular weight excluding hydrogens is 428 g/mol. The Morgan fingerprint density at radius 3 is 2.48 bits per heavy atom. The van der Waals surface area contributed by atoms with Gasteiger partial charge in [-0.15, -0.1) is 0 Å². The van der Waals surface area contributed by atoms with E-state index >= 15 is 0 Å². The number of hydrogen-bond acceptors (Lipinski definition) is 9. The second-order valence-corrected chi connectivity index (χ2v) is 7.26. The molecule has 10 nitrogen and oxygen atoms in total. The number of rotatable bonds is 9.